The van der Waals surface area contributed by atoms with Crippen LogP contribution in [0.1, 0.15) is 22.7 Å². The van der Waals surface area contributed by atoms with E-state index in [1.54, 1.807) is 73.1 Å². The Labute approximate surface area is 213 Å². The molecule has 36 heavy (non-hydrogen) atoms. The maximum absolute atomic E-state index is 13.3. The molecule has 1 fully saturated rings. The number of hydrogen-bond acceptors (Lipinski definition) is 5. The lowest BCUT2D eigenvalue weighted by atomic mass is 9.96. The summed E-state index contributed by atoms with van der Waals surface area (Å²) in [6.07, 6.45) is 3.18. The monoisotopic (exact) mass is 496 g/mol. The lowest BCUT2D eigenvalue weighted by Crippen LogP contribution is -2.29. The van der Waals surface area contributed by atoms with Gasteiger partial charge >= 0.3 is 0 Å². The summed E-state index contributed by atoms with van der Waals surface area (Å²) in [5, 5.41) is 11.6. The van der Waals surface area contributed by atoms with Gasteiger partial charge in [-0.15, -0.1) is 0 Å². The predicted molar refractivity (Wildman–Crippen MR) is 138 cm³/mol. The topological polar surface area (TPSA) is 79.7 Å². The van der Waals surface area contributed by atoms with E-state index >= 15 is 0 Å². The van der Waals surface area contributed by atoms with E-state index < -0.39 is 17.7 Å². The fourth-order valence-electron chi connectivity index (χ4n) is 4.20. The molecule has 178 valence electrons. The Balaban J connectivity index is 1.56. The van der Waals surface area contributed by atoms with Gasteiger partial charge in [0.25, 0.3) is 11.7 Å². The number of aliphatic hydroxyl groups excluding tert-OH is 1. The summed E-state index contributed by atoms with van der Waals surface area (Å²) >= 11 is 5.98. The van der Waals surface area contributed by atoms with Crippen molar-refractivity contribution >= 4 is 34.7 Å². The van der Waals surface area contributed by atoms with Crippen molar-refractivity contribution in [3.63, 3.8) is 0 Å². The molecule has 1 N–H and O–H groups in total. The van der Waals surface area contributed by atoms with Crippen LogP contribution in [0.3, 0.4) is 0 Å². The summed E-state index contributed by atoms with van der Waals surface area (Å²) in [6.45, 7) is 1.98. The van der Waals surface area contributed by atoms with Crippen molar-refractivity contribution in [2.75, 3.05) is 4.90 Å². The minimum Gasteiger partial charge on any atom is -0.507 e. The Bertz CT molecular complexity index is 1470. The van der Waals surface area contributed by atoms with Crippen molar-refractivity contribution in [1.82, 2.24) is 4.98 Å². The molecule has 1 atom stereocenters. The number of benzene rings is 3. The SMILES string of the molecule is Cc1cccc(Oc2ccc(N3C(=O)C(=O)/C(=C(\O)c4ccc(Cl)cc4)C3c3cccnc3)cc2)c1. The van der Waals surface area contributed by atoms with Gasteiger partial charge in [0.1, 0.15) is 17.3 Å². The molecule has 0 aliphatic carbocycles. The van der Waals surface area contributed by atoms with Gasteiger partial charge in [0.2, 0.25) is 0 Å². The fraction of sp³-hybridized carbons (Fsp3) is 0.0690. The summed E-state index contributed by atoms with van der Waals surface area (Å²) in [5.74, 6) is -0.523. The van der Waals surface area contributed by atoms with E-state index in [4.69, 9.17) is 16.3 Å². The Kier molecular flexibility index (Phi) is 6.27. The van der Waals surface area contributed by atoms with E-state index in [-0.39, 0.29) is 11.3 Å². The third kappa shape index (κ3) is 4.46. The zero-order chi connectivity index (χ0) is 25.2. The number of rotatable bonds is 5. The number of aryl methyl sites for hydroxylation is 1. The minimum atomic E-state index is -0.863. The first-order valence-corrected chi connectivity index (χ1v) is 11.6. The van der Waals surface area contributed by atoms with Gasteiger partial charge in [0, 0.05) is 28.7 Å². The Morgan fingerprint density at radius 3 is 2.36 bits per heavy atom. The van der Waals surface area contributed by atoms with Crippen LogP contribution in [0.25, 0.3) is 5.76 Å². The highest BCUT2D eigenvalue weighted by Crippen LogP contribution is 2.42. The van der Waals surface area contributed by atoms with E-state index in [9.17, 15) is 14.7 Å². The third-order valence-electron chi connectivity index (χ3n) is 5.90. The molecule has 1 aliphatic heterocycles. The molecule has 0 spiro atoms. The molecule has 1 aliphatic rings. The third-order valence-corrected chi connectivity index (χ3v) is 6.15. The lowest BCUT2D eigenvalue weighted by Gasteiger charge is -2.25. The van der Waals surface area contributed by atoms with Gasteiger partial charge in [-0.2, -0.15) is 0 Å². The van der Waals surface area contributed by atoms with Crippen LogP contribution in [0.4, 0.5) is 5.69 Å². The van der Waals surface area contributed by atoms with Crippen LogP contribution in [0.15, 0.2) is 103 Å². The molecule has 5 rings (SSSR count). The Morgan fingerprint density at radius 2 is 1.69 bits per heavy atom. The van der Waals surface area contributed by atoms with E-state index in [1.807, 2.05) is 31.2 Å². The molecule has 4 aromatic rings. The highest BCUT2D eigenvalue weighted by atomic mass is 35.5. The summed E-state index contributed by atoms with van der Waals surface area (Å²) in [5.41, 5.74) is 2.51. The summed E-state index contributed by atoms with van der Waals surface area (Å²) in [6, 6.07) is 23.6. The number of ketones is 1. The number of ether oxygens (including phenoxy) is 1. The van der Waals surface area contributed by atoms with Gasteiger partial charge in [0.05, 0.1) is 11.6 Å². The normalized spacial score (nSPS) is 16.8. The smallest absolute Gasteiger partial charge is 0.300 e. The number of aliphatic hydroxyl groups is 1. The maximum Gasteiger partial charge on any atom is 0.300 e. The average molecular weight is 497 g/mol. The molecule has 6 nitrogen and oxygen atoms in total. The van der Waals surface area contributed by atoms with Crippen molar-refractivity contribution in [1.29, 1.82) is 0 Å². The number of amides is 1. The van der Waals surface area contributed by atoms with Gasteiger partial charge < -0.3 is 9.84 Å². The summed E-state index contributed by atoms with van der Waals surface area (Å²) in [4.78, 5) is 32.0. The van der Waals surface area contributed by atoms with Crippen LogP contribution >= 0.6 is 11.6 Å². The lowest BCUT2D eigenvalue weighted by molar-refractivity contribution is -0.132. The van der Waals surface area contributed by atoms with E-state index in [2.05, 4.69) is 4.98 Å². The van der Waals surface area contributed by atoms with Gasteiger partial charge in [0.15, 0.2) is 0 Å². The van der Waals surface area contributed by atoms with Crippen LogP contribution in [-0.2, 0) is 9.59 Å². The van der Waals surface area contributed by atoms with Crippen LogP contribution in [0.2, 0.25) is 5.02 Å². The molecular weight excluding hydrogens is 476 g/mol. The second-order valence-corrected chi connectivity index (χ2v) is 8.81. The zero-order valence-corrected chi connectivity index (χ0v) is 20.0. The minimum absolute atomic E-state index is 0.0181. The number of nitrogens with zero attached hydrogens (tertiary/aromatic N) is 2. The second kappa shape index (κ2) is 9.68. The van der Waals surface area contributed by atoms with Crippen molar-refractivity contribution < 1.29 is 19.4 Å². The summed E-state index contributed by atoms with van der Waals surface area (Å²) < 4.78 is 5.92. The molecule has 1 saturated heterocycles. The predicted octanol–water partition coefficient (Wildman–Crippen LogP) is 6.46. The molecule has 1 aromatic heterocycles. The highest BCUT2D eigenvalue weighted by Gasteiger charge is 2.47. The molecule has 0 saturated carbocycles. The van der Waals surface area contributed by atoms with Crippen LogP contribution in [0, 0.1) is 6.92 Å². The zero-order valence-electron chi connectivity index (χ0n) is 19.3. The van der Waals surface area contributed by atoms with E-state index in [1.165, 1.54) is 4.90 Å². The number of pyridine rings is 1. The Morgan fingerprint density at radius 1 is 0.944 bits per heavy atom. The number of halogens is 1. The first-order chi connectivity index (χ1) is 17.4. The molecule has 1 amide bonds. The Hall–Kier alpha value is -4.42. The van der Waals surface area contributed by atoms with Gasteiger partial charge in [-0.3, -0.25) is 19.5 Å². The first-order valence-electron chi connectivity index (χ1n) is 11.2. The number of Topliss-reactive ketones (excluding diaryl/α,β-unsaturated/α-hetero) is 1. The first kappa shape index (κ1) is 23.3. The van der Waals surface area contributed by atoms with Gasteiger partial charge in [-0.1, -0.05) is 29.8 Å². The molecule has 7 heteroatoms. The standard InChI is InChI=1S/C29H21ClN2O4/c1-18-4-2-6-24(16-18)36-23-13-11-22(12-14-23)32-26(20-5-3-15-31-17-20)25(28(34)29(32)35)27(33)19-7-9-21(30)10-8-19/h2-17,26,33H,1H3/b27-25-. The quantitative estimate of drug-likeness (QED) is 0.195. The molecule has 1 unspecified atom stereocenters. The number of carbonyl (C=O) groups is 2. The molecule has 3 aromatic carbocycles. The van der Waals surface area contributed by atoms with Crippen molar-refractivity contribution in [3.05, 3.63) is 125 Å². The van der Waals surface area contributed by atoms with E-state index in [0.717, 1.165) is 5.56 Å². The van der Waals surface area contributed by atoms with Gasteiger partial charge in [-0.25, -0.2) is 0 Å². The largest absolute Gasteiger partial charge is 0.507 e. The number of carbonyl (C=O) groups excluding carboxylic acids is 2. The van der Waals surface area contributed by atoms with E-state index in [0.29, 0.717) is 33.3 Å². The fourth-order valence-corrected chi connectivity index (χ4v) is 4.33. The van der Waals surface area contributed by atoms with Crippen molar-refractivity contribution in [2.45, 2.75) is 13.0 Å². The van der Waals surface area contributed by atoms with Crippen LogP contribution in [0.5, 0.6) is 11.5 Å². The van der Waals surface area contributed by atoms with Crippen LogP contribution in [-0.4, -0.2) is 21.8 Å². The maximum atomic E-state index is 13.3. The molecule has 2 heterocycles. The average Bonchev–Trinajstić information content (AvgIpc) is 3.15. The molecule has 0 bridgehead atoms. The highest BCUT2D eigenvalue weighted by molar-refractivity contribution is 6.51. The number of aromatic nitrogens is 1. The summed E-state index contributed by atoms with van der Waals surface area (Å²) in [7, 11) is 0. The number of anilines is 1. The molecular formula is C29H21ClN2O4. The second-order valence-electron chi connectivity index (χ2n) is 8.37. The van der Waals surface area contributed by atoms with Crippen LogP contribution < -0.4 is 9.64 Å². The molecule has 0 radical (unpaired) electrons. The van der Waals surface area contributed by atoms with Gasteiger partial charge in [-0.05, 0) is 84.8 Å². The number of hydrogen-bond donors (Lipinski definition) is 1. The van der Waals surface area contributed by atoms with Crippen molar-refractivity contribution in [3.8, 4) is 11.5 Å². The van der Waals surface area contributed by atoms with Crippen molar-refractivity contribution in [2.24, 2.45) is 0 Å².